The third-order valence-electron chi connectivity index (χ3n) is 4.54. The summed E-state index contributed by atoms with van der Waals surface area (Å²) in [4.78, 5) is 17.4. The minimum Gasteiger partial charge on any atom is -0.308 e. The maximum Gasteiger partial charge on any atom is 0.258 e. The molecule has 124 valence electrons. The Bertz CT molecular complexity index is 737. The fraction of sp³-hybridized carbons (Fsp3) is 0.286. The summed E-state index contributed by atoms with van der Waals surface area (Å²) in [6.45, 7) is 4.49. The minimum absolute atomic E-state index is 0.0905. The molecule has 0 saturated heterocycles. The third kappa shape index (κ3) is 3.74. The highest BCUT2D eigenvalue weighted by molar-refractivity contribution is 5.96. The molecule has 0 saturated carbocycles. The number of carbonyl (C=O) groups is 1. The van der Waals surface area contributed by atoms with Crippen LogP contribution in [0.25, 0.3) is 0 Å². The fourth-order valence-corrected chi connectivity index (χ4v) is 3.03. The van der Waals surface area contributed by atoms with Gasteiger partial charge in [-0.05, 0) is 31.2 Å². The maximum atomic E-state index is 13.2. The monoisotopic (exact) mass is 320 g/mol. The van der Waals surface area contributed by atoms with Gasteiger partial charge in [0.15, 0.2) is 0 Å². The van der Waals surface area contributed by atoms with E-state index in [1.165, 1.54) is 0 Å². The van der Waals surface area contributed by atoms with E-state index in [-0.39, 0.29) is 5.91 Å². The highest BCUT2D eigenvalue weighted by atomic mass is 16.2. The summed E-state index contributed by atoms with van der Waals surface area (Å²) < 4.78 is 0. The summed E-state index contributed by atoms with van der Waals surface area (Å²) in [5, 5.41) is 0. The SMILES string of the molecule is Cc1ccccc1C(=O)N(Cc1ccccc1)C1=CCN(C)CC1. The van der Waals surface area contributed by atoms with E-state index in [4.69, 9.17) is 0 Å². The molecule has 0 radical (unpaired) electrons. The van der Waals surface area contributed by atoms with Crippen LogP contribution in [0.15, 0.2) is 66.4 Å². The van der Waals surface area contributed by atoms with Gasteiger partial charge in [-0.1, -0.05) is 54.6 Å². The molecule has 3 rings (SSSR count). The molecule has 0 fully saturated rings. The highest BCUT2D eigenvalue weighted by Crippen LogP contribution is 2.22. The zero-order chi connectivity index (χ0) is 16.9. The molecule has 0 aromatic heterocycles. The number of hydrogen-bond acceptors (Lipinski definition) is 2. The fourth-order valence-electron chi connectivity index (χ4n) is 3.03. The lowest BCUT2D eigenvalue weighted by atomic mass is 10.1. The van der Waals surface area contributed by atoms with Crippen molar-refractivity contribution in [3.63, 3.8) is 0 Å². The van der Waals surface area contributed by atoms with E-state index in [1.54, 1.807) is 0 Å². The first-order valence-corrected chi connectivity index (χ1v) is 8.44. The van der Waals surface area contributed by atoms with E-state index in [1.807, 2.05) is 54.3 Å². The molecule has 2 aromatic carbocycles. The third-order valence-corrected chi connectivity index (χ3v) is 4.54. The van der Waals surface area contributed by atoms with Crippen molar-refractivity contribution < 1.29 is 4.79 Å². The van der Waals surface area contributed by atoms with Crippen LogP contribution in [0.1, 0.15) is 27.9 Å². The average Bonchev–Trinajstić information content (AvgIpc) is 2.61. The van der Waals surface area contributed by atoms with E-state index in [9.17, 15) is 4.79 Å². The standard InChI is InChI=1S/C21H24N2O/c1-17-8-6-7-11-20(17)21(24)23(16-18-9-4-3-5-10-18)19-12-14-22(2)15-13-19/h3-12H,13-16H2,1-2H3. The van der Waals surface area contributed by atoms with Crippen molar-refractivity contribution in [2.75, 3.05) is 20.1 Å². The summed E-state index contributed by atoms with van der Waals surface area (Å²) in [6.07, 6.45) is 3.09. The summed E-state index contributed by atoms with van der Waals surface area (Å²) in [6, 6.07) is 18.0. The van der Waals surface area contributed by atoms with Crippen molar-refractivity contribution in [1.82, 2.24) is 9.80 Å². The number of hydrogen-bond donors (Lipinski definition) is 0. The van der Waals surface area contributed by atoms with Gasteiger partial charge in [-0.15, -0.1) is 0 Å². The van der Waals surface area contributed by atoms with Gasteiger partial charge >= 0.3 is 0 Å². The Balaban J connectivity index is 1.92. The summed E-state index contributed by atoms with van der Waals surface area (Å²) in [5.41, 5.74) is 4.09. The van der Waals surface area contributed by atoms with Crippen LogP contribution in [-0.4, -0.2) is 35.8 Å². The van der Waals surface area contributed by atoms with Crippen LogP contribution in [0.2, 0.25) is 0 Å². The van der Waals surface area contributed by atoms with Crippen molar-refractivity contribution >= 4 is 5.91 Å². The largest absolute Gasteiger partial charge is 0.308 e. The molecule has 3 heteroatoms. The maximum absolute atomic E-state index is 13.2. The number of likely N-dealkylation sites (N-methyl/N-ethyl adjacent to an activating group) is 1. The van der Waals surface area contributed by atoms with Gasteiger partial charge in [-0.3, -0.25) is 4.79 Å². The summed E-state index contributed by atoms with van der Waals surface area (Å²) in [7, 11) is 2.11. The Morgan fingerprint density at radius 2 is 1.79 bits per heavy atom. The average molecular weight is 320 g/mol. The predicted octanol–water partition coefficient (Wildman–Crippen LogP) is 3.86. The molecule has 0 atom stereocenters. The molecular weight excluding hydrogens is 296 g/mol. The van der Waals surface area contributed by atoms with Gasteiger partial charge in [-0.2, -0.15) is 0 Å². The normalized spacial score (nSPS) is 15.0. The first-order valence-electron chi connectivity index (χ1n) is 8.44. The van der Waals surface area contributed by atoms with Crippen molar-refractivity contribution in [2.24, 2.45) is 0 Å². The molecule has 1 heterocycles. The van der Waals surface area contributed by atoms with Gasteiger partial charge in [0, 0.05) is 30.8 Å². The molecule has 24 heavy (non-hydrogen) atoms. The number of nitrogens with zero attached hydrogens (tertiary/aromatic N) is 2. The Morgan fingerprint density at radius 1 is 1.08 bits per heavy atom. The van der Waals surface area contributed by atoms with Crippen molar-refractivity contribution in [3.05, 3.63) is 83.1 Å². The molecule has 1 aliphatic heterocycles. The Morgan fingerprint density at radius 3 is 2.46 bits per heavy atom. The van der Waals surface area contributed by atoms with Gasteiger partial charge in [0.05, 0.1) is 6.54 Å². The van der Waals surface area contributed by atoms with Gasteiger partial charge < -0.3 is 9.80 Å². The van der Waals surface area contributed by atoms with Crippen molar-refractivity contribution in [2.45, 2.75) is 19.9 Å². The summed E-state index contributed by atoms with van der Waals surface area (Å²) in [5.74, 6) is 0.0905. The predicted molar refractivity (Wildman–Crippen MR) is 97.7 cm³/mol. The van der Waals surface area contributed by atoms with Crippen molar-refractivity contribution in [3.8, 4) is 0 Å². The summed E-state index contributed by atoms with van der Waals surface area (Å²) >= 11 is 0. The molecule has 1 aliphatic rings. The molecular formula is C21H24N2O. The van der Waals surface area contributed by atoms with E-state index in [2.05, 4.69) is 30.2 Å². The zero-order valence-corrected chi connectivity index (χ0v) is 14.4. The lowest BCUT2D eigenvalue weighted by molar-refractivity contribution is 0.0783. The Labute approximate surface area is 144 Å². The van der Waals surface area contributed by atoms with Crippen LogP contribution in [0.4, 0.5) is 0 Å². The molecule has 0 N–H and O–H groups in total. The molecule has 0 spiro atoms. The number of carbonyl (C=O) groups excluding carboxylic acids is 1. The lowest BCUT2D eigenvalue weighted by Crippen LogP contribution is -2.35. The second-order valence-electron chi connectivity index (χ2n) is 6.40. The van der Waals surface area contributed by atoms with Crippen molar-refractivity contribution in [1.29, 1.82) is 0 Å². The van der Waals surface area contributed by atoms with Crippen LogP contribution < -0.4 is 0 Å². The van der Waals surface area contributed by atoms with E-state index >= 15 is 0 Å². The van der Waals surface area contributed by atoms with Crippen LogP contribution >= 0.6 is 0 Å². The first kappa shape index (κ1) is 16.5. The quantitative estimate of drug-likeness (QED) is 0.854. The van der Waals surface area contributed by atoms with E-state index in [0.29, 0.717) is 6.54 Å². The van der Waals surface area contributed by atoms with Gasteiger partial charge in [0.2, 0.25) is 0 Å². The van der Waals surface area contributed by atoms with Crippen LogP contribution in [0.3, 0.4) is 0 Å². The molecule has 0 unspecified atom stereocenters. The van der Waals surface area contributed by atoms with E-state index < -0.39 is 0 Å². The lowest BCUT2D eigenvalue weighted by Gasteiger charge is -2.31. The van der Waals surface area contributed by atoms with Gasteiger partial charge in [0.1, 0.15) is 0 Å². The van der Waals surface area contributed by atoms with E-state index in [0.717, 1.165) is 41.9 Å². The topological polar surface area (TPSA) is 23.6 Å². The molecule has 0 bridgehead atoms. The Kier molecular flexibility index (Phi) is 5.11. The zero-order valence-electron chi connectivity index (χ0n) is 14.4. The number of rotatable bonds is 4. The second-order valence-corrected chi connectivity index (χ2v) is 6.40. The second kappa shape index (κ2) is 7.45. The molecule has 1 amide bonds. The Hall–Kier alpha value is -2.39. The first-order chi connectivity index (χ1) is 11.6. The highest BCUT2D eigenvalue weighted by Gasteiger charge is 2.23. The smallest absolute Gasteiger partial charge is 0.258 e. The van der Waals surface area contributed by atoms with Crippen LogP contribution in [0.5, 0.6) is 0 Å². The van der Waals surface area contributed by atoms with Crippen LogP contribution in [0, 0.1) is 6.92 Å². The van der Waals surface area contributed by atoms with Crippen LogP contribution in [-0.2, 0) is 6.54 Å². The molecule has 0 aliphatic carbocycles. The molecule has 3 nitrogen and oxygen atoms in total. The van der Waals surface area contributed by atoms with Gasteiger partial charge in [-0.25, -0.2) is 0 Å². The minimum atomic E-state index is 0.0905. The van der Waals surface area contributed by atoms with Gasteiger partial charge in [0.25, 0.3) is 5.91 Å². The number of aryl methyl sites for hydroxylation is 1. The molecule has 2 aromatic rings. The number of benzene rings is 2. The number of amides is 1.